The van der Waals surface area contributed by atoms with Gasteiger partial charge in [0, 0.05) is 23.4 Å². The fraction of sp³-hybridized carbons (Fsp3) is 0.438. The number of carboxylic acids is 1. The van der Waals surface area contributed by atoms with Gasteiger partial charge in [-0.3, -0.25) is 5.32 Å². The van der Waals surface area contributed by atoms with Crippen LogP contribution < -0.4 is 16.0 Å². The molecule has 2 amide bonds. The lowest BCUT2D eigenvalue weighted by Gasteiger charge is -2.32. The Morgan fingerprint density at radius 1 is 1.38 bits per heavy atom. The molecule has 4 N–H and O–H groups in total. The van der Waals surface area contributed by atoms with E-state index in [4.69, 9.17) is 21.5 Å². The first kappa shape index (κ1) is 23.4. The molecule has 0 saturated carbocycles. The number of aryl methyl sites for hydroxylation is 1. The zero-order valence-corrected chi connectivity index (χ0v) is 17.4. The van der Waals surface area contributed by atoms with E-state index >= 15 is 0 Å². The Bertz CT molecular complexity index is 843. The van der Waals surface area contributed by atoms with Crippen LogP contribution in [0.15, 0.2) is 18.2 Å². The maximum Gasteiger partial charge on any atom is 0.490 e. The summed E-state index contributed by atoms with van der Waals surface area (Å²) in [5, 5.41) is 17.2. The molecule has 2 unspecified atom stereocenters. The van der Waals surface area contributed by atoms with Gasteiger partial charge >= 0.3 is 18.2 Å². The van der Waals surface area contributed by atoms with Crippen LogP contribution in [0, 0.1) is 6.92 Å². The van der Waals surface area contributed by atoms with E-state index in [0.29, 0.717) is 0 Å². The standard InChI is InChI=1S/C14H17ClN4OS2.C2HF3O2/c1-8-6-13(22-19-8)18-14(20)17-10-4-5-16-7-9(10)11-2-3-12(15)21-11;3-2(4,5)1(6)7/h2-3,6,9-10,16H,4-5,7H2,1H3,(H2,17,18,20);(H,6,7). The molecule has 0 bridgehead atoms. The number of rotatable bonds is 3. The second-order valence-corrected chi connectivity index (χ2v) is 8.63. The molecule has 3 heterocycles. The molecule has 2 aromatic heterocycles. The number of aromatic nitrogens is 1. The first-order valence-corrected chi connectivity index (χ1v) is 10.3. The number of carboxylic acid groups (broad SMARTS) is 1. The molecule has 1 saturated heterocycles. The average molecular weight is 471 g/mol. The van der Waals surface area contributed by atoms with Gasteiger partial charge in [0.05, 0.1) is 10.0 Å². The Morgan fingerprint density at radius 3 is 2.59 bits per heavy atom. The van der Waals surface area contributed by atoms with Crippen molar-refractivity contribution in [3.63, 3.8) is 0 Å². The largest absolute Gasteiger partial charge is 0.490 e. The summed E-state index contributed by atoms with van der Waals surface area (Å²) in [6.45, 7) is 3.66. The monoisotopic (exact) mass is 470 g/mol. The smallest absolute Gasteiger partial charge is 0.475 e. The van der Waals surface area contributed by atoms with Gasteiger partial charge in [0.1, 0.15) is 5.00 Å². The number of anilines is 1. The van der Waals surface area contributed by atoms with Crippen LogP contribution in [0.25, 0.3) is 0 Å². The highest BCUT2D eigenvalue weighted by Gasteiger charge is 2.38. The SMILES string of the molecule is Cc1cc(NC(=O)NC2CCNCC2c2ccc(Cl)s2)sn1.O=C(O)C(F)(F)F. The van der Waals surface area contributed by atoms with Crippen molar-refractivity contribution in [2.24, 2.45) is 0 Å². The van der Waals surface area contributed by atoms with E-state index in [1.807, 2.05) is 25.1 Å². The molecule has 13 heteroatoms. The number of piperidine rings is 1. The van der Waals surface area contributed by atoms with Crippen molar-refractivity contribution >= 4 is 51.5 Å². The number of thiophene rings is 1. The number of aliphatic carboxylic acids is 1. The summed E-state index contributed by atoms with van der Waals surface area (Å²) in [5.74, 6) is -2.51. The van der Waals surface area contributed by atoms with Crippen molar-refractivity contribution in [1.29, 1.82) is 0 Å². The second kappa shape index (κ2) is 10.2. The minimum absolute atomic E-state index is 0.102. The summed E-state index contributed by atoms with van der Waals surface area (Å²) in [4.78, 5) is 22.3. The third-order valence-corrected chi connectivity index (χ3v) is 6.02. The van der Waals surface area contributed by atoms with Crippen LogP contribution in [0.4, 0.5) is 23.0 Å². The summed E-state index contributed by atoms with van der Waals surface area (Å²) < 4.78 is 36.7. The topological polar surface area (TPSA) is 103 Å². The van der Waals surface area contributed by atoms with E-state index in [2.05, 4.69) is 20.3 Å². The minimum atomic E-state index is -5.08. The molecule has 7 nitrogen and oxygen atoms in total. The number of nitrogens with zero attached hydrogens (tertiary/aromatic N) is 1. The van der Waals surface area contributed by atoms with Gasteiger partial charge in [0.25, 0.3) is 0 Å². The number of halogens is 4. The van der Waals surface area contributed by atoms with Gasteiger partial charge in [0.2, 0.25) is 0 Å². The van der Waals surface area contributed by atoms with E-state index in [1.54, 1.807) is 11.3 Å². The lowest BCUT2D eigenvalue weighted by atomic mass is 9.92. The molecule has 2 aromatic rings. The zero-order chi connectivity index (χ0) is 21.6. The first-order chi connectivity index (χ1) is 13.6. The molecular formula is C16H18ClF3N4O3S2. The normalized spacial score (nSPS) is 19.1. The highest BCUT2D eigenvalue weighted by atomic mass is 35.5. The summed E-state index contributed by atoms with van der Waals surface area (Å²) >= 11 is 8.90. The van der Waals surface area contributed by atoms with Crippen molar-refractivity contribution in [2.75, 3.05) is 18.4 Å². The van der Waals surface area contributed by atoms with Gasteiger partial charge in [-0.15, -0.1) is 11.3 Å². The molecule has 1 aliphatic heterocycles. The highest BCUT2D eigenvalue weighted by Crippen LogP contribution is 2.32. The zero-order valence-electron chi connectivity index (χ0n) is 15.0. The van der Waals surface area contributed by atoms with Crippen LogP contribution in [0.1, 0.15) is 22.9 Å². The number of carbonyl (C=O) groups is 2. The van der Waals surface area contributed by atoms with E-state index < -0.39 is 12.1 Å². The van der Waals surface area contributed by atoms with Gasteiger partial charge in [-0.1, -0.05) is 11.6 Å². The fourth-order valence-corrected chi connectivity index (χ4v) is 4.48. The Balaban J connectivity index is 0.000000370. The van der Waals surface area contributed by atoms with Crippen LogP contribution in [0.2, 0.25) is 4.34 Å². The molecule has 1 fully saturated rings. The number of urea groups is 1. The molecule has 0 aliphatic carbocycles. The summed E-state index contributed by atoms with van der Waals surface area (Å²) in [6.07, 6.45) is -4.19. The molecule has 0 aromatic carbocycles. The molecule has 2 atom stereocenters. The van der Waals surface area contributed by atoms with Crippen LogP contribution in [-0.4, -0.2) is 46.8 Å². The van der Waals surface area contributed by atoms with E-state index in [0.717, 1.165) is 34.5 Å². The lowest BCUT2D eigenvalue weighted by Crippen LogP contribution is -2.49. The Morgan fingerprint density at radius 2 is 2.07 bits per heavy atom. The van der Waals surface area contributed by atoms with Crippen LogP contribution in [0.3, 0.4) is 0 Å². The van der Waals surface area contributed by atoms with Gasteiger partial charge < -0.3 is 15.7 Å². The number of hydrogen-bond donors (Lipinski definition) is 4. The van der Waals surface area contributed by atoms with Crippen molar-refractivity contribution in [2.45, 2.75) is 31.5 Å². The third-order valence-electron chi connectivity index (χ3n) is 3.87. The number of carbonyl (C=O) groups excluding carboxylic acids is 1. The van der Waals surface area contributed by atoms with E-state index in [9.17, 15) is 18.0 Å². The summed E-state index contributed by atoms with van der Waals surface area (Å²) in [7, 11) is 0. The third kappa shape index (κ3) is 7.46. The molecule has 0 spiro atoms. The first-order valence-electron chi connectivity index (χ1n) is 8.33. The minimum Gasteiger partial charge on any atom is -0.475 e. The predicted molar refractivity (Wildman–Crippen MR) is 106 cm³/mol. The van der Waals surface area contributed by atoms with Gasteiger partial charge in [-0.05, 0) is 49.6 Å². The second-order valence-electron chi connectivity index (χ2n) is 6.08. The molecular weight excluding hydrogens is 453 g/mol. The van der Waals surface area contributed by atoms with Gasteiger partial charge in [0.15, 0.2) is 0 Å². The van der Waals surface area contributed by atoms with Crippen LogP contribution in [-0.2, 0) is 4.79 Å². The lowest BCUT2D eigenvalue weighted by molar-refractivity contribution is -0.192. The highest BCUT2D eigenvalue weighted by molar-refractivity contribution is 7.16. The Kier molecular flexibility index (Phi) is 8.25. The van der Waals surface area contributed by atoms with Crippen molar-refractivity contribution in [3.8, 4) is 0 Å². The Labute approximate surface area is 177 Å². The quantitative estimate of drug-likeness (QED) is 0.541. The summed E-state index contributed by atoms with van der Waals surface area (Å²) in [6, 6.07) is 5.74. The van der Waals surface area contributed by atoms with E-state index in [1.165, 1.54) is 16.4 Å². The molecule has 29 heavy (non-hydrogen) atoms. The molecule has 0 radical (unpaired) electrons. The summed E-state index contributed by atoms with van der Waals surface area (Å²) in [5.41, 5.74) is 0.910. The molecule has 3 rings (SSSR count). The fourth-order valence-electron chi connectivity index (χ4n) is 2.60. The number of hydrogen-bond acceptors (Lipinski definition) is 6. The molecule has 160 valence electrons. The van der Waals surface area contributed by atoms with Gasteiger partial charge in [-0.2, -0.15) is 17.5 Å². The average Bonchev–Trinajstić information content (AvgIpc) is 3.23. The maximum atomic E-state index is 12.2. The predicted octanol–water partition coefficient (Wildman–Crippen LogP) is 4.07. The van der Waals surface area contributed by atoms with Crippen LogP contribution >= 0.6 is 34.5 Å². The maximum absolute atomic E-state index is 12.2. The van der Waals surface area contributed by atoms with Crippen molar-refractivity contribution < 1.29 is 27.9 Å². The van der Waals surface area contributed by atoms with E-state index in [-0.39, 0.29) is 18.0 Å². The van der Waals surface area contributed by atoms with Crippen molar-refractivity contribution in [3.05, 3.63) is 33.1 Å². The molecule has 1 aliphatic rings. The number of nitrogens with one attached hydrogen (secondary N) is 3. The van der Waals surface area contributed by atoms with Crippen molar-refractivity contribution in [1.82, 2.24) is 15.0 Å². The Hall–Kier alpha value is -1.89. The number of amides is 2. The van der Waals surface area contributed by atoms with Crippen LogP contribution in [0.5, 0.6) is 0 Å². The van der Waals surface area contributed by atoms with Gasteiger partial charge in [-0.25, -0.2) is 9.59 Å². The number of alkyl halides is 3.